The van der Waals surface area contributed by atoms with E-state index in [0.717, 1.165) is 28.1 Å². The van der Waals surface area contributed by atoms with Gasteiger partial charge in [0.25, 0.3) is 15.9 Å². The van der Waals surface area contributed by atoms with E-state index in [2.05, 4.69) is 5.32 Å². The van der Waals surface area contributed by atoms with Crippen LogP contribution in [0.15, 0.2) is 59.5 Å². The van der Waals surface area contributed by atoms with Crippen LogP contribution in [0, 0.1) is 6.92 Å². The molecule has 0 spiro atoms. The first-order valence-corrected chi connectivity index (χ1v) is 12.0. The van der Waals surface area contributed by atoms with Gasteiger partial charge in [-0.15, -0.1) is 0 Å². The Kier molecular flexibility index (Phi) is 4.89. The van der Waals surface area contributed by atoms with Crippen molar-refractivity contribution in [3.8, 4) is 0 Å². The zero-order chi connectivity index (χ0) is 22.5. The molecule has 0 atom stereocenters. The molecule has 5 rings (SSSR count). The molecular formula is C24H23N3O4S. The molecule has 0 radical (unpaired) electrons. The summed E-state index contributed by atoms with van der Waals surface area (Å²) in [6, 6.07) is 15.8. The number of carbonyl (C=O) groups is 2. The average molecular weight is 450 g/mol. The minimum absolute atomic E-state index is 0.118. The van der Waals surface area contributed by atoms with E-state index in [4.69, 9.17) is 0 Å². The first-order valence-electron chi connectivity index (χ1n) is 10.6. The lowest BCUT2D eigenvalue weighted by molar-refractivity contribution is -0.114. The molecule has 2 aliphatic rings. The van der Waals surface area contributed by atoms with Crippen molar-refractivity contribution >= 4 is 44.0 Å². The number of nitrogens with zero attached hydrogens (tertiary/aromatic N) is 2. The van der Waals surface area contributed by atoms with E-state index >= 15 is 0 Å². The third-order valence-electron chi connectivity index (χ3n) is 6.13. The molecule has 3 aromatic rings. The van der Waals surface area contributed by atoms with E-state index in [1.807, 2.05) is 25.1 Å². The number of anilines is 2. The maximum Gasteiger partial charge on any atom is 0.265 e. The second kappa shape index (κ2) is 7.63. The molecule has 0 aliphatic carbocycles. The lowest BCUT2D eigenvalue weighted by atomic mass is 10.1. The highest BCUT2D eigenvalue weighted by atomic mass is 32.2. The van der Waals surface area contributed by atoms with Gasteiger partial charge < -0.3 is 10.2 Å². The molecule has 0 saturated carbocycles. The molecule has 164 valence electrons. The third kappa shape index (κ3) is 3.22. The highest BCUT2D eigenvalue weighted by Gasteiger charge is 2.36. The highest BCUT2D eigenvalue weighted by molar-refractivity contribution is 7.93. The Morgan fingerprint density at radius 2 is 1.66 bits per heavy atom. The Bertz CT molecular complexity index is 1360. The Hall–Kier alpha value is -3.39. The Labute approximate surface area is 186 Å². The summed E-state index contributed by atoms with van der Waals surface area (Å²) < 4.78 is 27.4. The zero-order valence-corrected chi connectivity index (χ0v) is 18.5. The molecule has 3 aromatic carbocycles. The van der Waals surface area contributed by atoms with E-state index in [-0.39, 0.29) is 17.3 Å². The molecule has 1 saturated heterocycles. The average Bonchev–Trinajstić information content (AvgIpc) is 3.38. The van der Waals surface area contributed by atoms with Gasteiger partial charge in [0.05, 0.1) is 21.8 Å². The lowest BCUT2D eigenvalue weighted by Crippen LogP contribution is -2.36. The number of benzene rings is 3. The Morgan fingerprint density at radius 3 is 2.41 bits per heavy atom. The summed E-state index contributed by atoms with van der Waals surface area (Å²) >= 11 is 0. The van der Waals surface area contributed by atoms with Crippen LogP contribution in [0.3, 0.4) is 0 Å². The van der Waals surface area contributed by atoms with Crippen LogP contribution in [0.4, 0.5) is 11.4 Å². The molecule has 2 amide bonds. The number of hydrogen-bond donors (Lipinski definition) is 1. The van der Waals surface area contributed by atoms with Gasteiger partial charge in [0.15, 0.2) is 0 Å². The van der Waals surface area contributed by atoms with Crippen molar-refractivity contribution in [3.63, 3.8) is 0 Å². The zero-order valence-electron chi connectivity index (χ0n) is 17.7. The highest BCUT2D eigenvalue weighted by Crippen LogP contribution is 2.41. The predicted octanol–water partition coefficient (Wildman–Crippen LogP) is 3.53. The number of para-hydroxylation sites is 1. The summed E-state index contributed by atoms with van der Waals surface area (Å²) in [6.07, 6.45) is 1.94. The summed E-state index contributed by atoms with van der Waals surface area (Å²) in [5.74, 6) is -0.615. The largest absolute Gasteiger partial charge is 0.339 e. The van der Waals surface area contributed by atoms with E-state index in [9.17, 15) is 18.0 Å². The fraction of sp³-hybridized carbons (Fsp3) is 0.250. The van der Waals surface area contributed by atoms with Gasteiger partial charge in [-0.25, -0.2) is 8.42 Å². The number of carbonyl (C=O) groups excluding carboxylic acids is 2. The van der Waals surface area contributed by atoms with E-state index in [0.29, 0.717) is 35.4 Å². The van der Waals surface area contributed by atoms with Crippen molar-refractivity contribution in [3.05, 3.63) is 65.7 Å². The fourth-order valence-corrected chi connectivity index (χ4v) is 6.21. The lowest BCUT2D eigenvalue weighted by Gasteiger charge is -2.21. The second-order valence-corrected chi connectivity index (χ2v) is 10.0. The maximum absolute atomic E-state index is 13.2. The summed E-state index contributed by atoms with van der Waals surface area (Å²) in [5, 5.41) is 4.25. The van der Waals surface area contributed by atoms with E-state index in [1.165, 1.54) is 0 Å². The van der Waals surface area contributed by atoms with Crippen LogP contribution in [-0.4, -0.2) is 44.8 Å². The van der Waals surface area contributed by atoms with Gasteiger partial charge in [-0.05, 0) is 48.9 Å². The van der Waals surface area contributed by atoms with Crippen molar-refractivity contribution < 1.29 is 18.0 Å². The molecule has 0 aromatic heterocycles. The normalized spacial score (nSPS) is 16.5. The number of aryl methyl sites for hydroxylation is 1. The summed E-state index contributed by atoms with van der Waals surface area (Å²) in [6.45, 7) is 2.85. The van der Waals surface area contributed by atoms with Crippen LogP contribution < -0.4 is 9.62 Å². The number of nitrogens with one attached hydrogen (secondary N) is 1. The van der Waals surface area contributed by atoms with Gasteiger partial charge in [0.1, 0.15) is 6.54 Å². The second-order valence-electron chi connectivity index (χ2n) is 8.19. The molecule has 0 bridgehead atoms. The van der Waals surface area contributed by atoms with Crippen LogP contribution >= 0.6 is 0 Å². The molecule has 7 nitrogen and oxygen atoms in total. The quantitative estimate of drug-likeness (QED) is 0.660. The van der Waals surface area contributed by atoms with Crippen LogP contribution in [0.25, 0.3) is 10.8 Å². The van der Waals surface area contributed by atoms with Crippen LogP contribution in [0.1, 0.15) is 28.8 Å². The number of sulfonamides is 1. The predicted molar refractivity (Wildman–Crippen MR) is 123 cm³/mol. The van der Waals surface area contributed by atoms with Gasteiger partial charge in [-0.3, -0.25) is 13.9 Å². The van der Waals surface area contributed by atoms with Gasteiger partial charge in [-0.2, -0.15) is 0 Å². The molecule has 2 heterocycles. The van der Waals surface area contributed by atoms with Crippen molar-refractivity contribution in [1.82, 2.24) is 4.90 Å². The summed E-state index contributed by atoms with van der Waals surface area (Å²) in [5.41, 5.74) is 2.10. The molecule has 1 N–H and O–H groups in total. The van der Waals surface area contributed by atoms with E-state index in [1.54, 1.807) is 41.3 Å². The third-order valence-corrected chi connectivity index (χ3v) is 7.93. The molecule has 32 heavy (non-hydrogen) atoms. The number of likely N-dealkylation sites (tertiary alicyclic amines) is 1. The van der Waals surface area contributed by atoms with Crippen LogP contribution in [0.5, 0.6) is 0 Å². The Morgan fingerprint density at radius 1 is 0.969 bits per heavy atom. The van der Waals surface area contributed by atoms with Crippen molar-refractivity contribution in [2.45, 2.75) is 24.7 Å². The molecule has 8 heteroatoms. The SMILES string of the molecule is Cc1cccc(C(=O)N2CCCC2)c1NC(=O)CN1c2cccc3cccc(c23)S1(=O)=O. The minimum atomic E-state index is -3.84. The van der Waals surface area contributed by atoms with Gasteiger partial charge in [0, 0.05) is 18.5 Å². The van der Waals surface area contributed by atoms with Crippen molar-refractivity contribution in [2.75, 3.05) is 29.3 Å². The topological polar surface area (TPSA) is 86.8 Å². The first kappa shape index (κ1) is 20.5. The van der Waals surface area contributed by atoms with E-state index < -0.39 is 15.9 Å². The standard InChI is InChI=1S/C24H23N3O4S/c1-16-7-4-10-18(24(29)26-13-2-3-14-26)23(16)25-21(28)15-27-19-11-5-8-17-9-6-12-20(22(17)19)32(27,30)31/h4-12H,2-3,13-15H2,1H3,(H,25,28). The molecule has 1 fully saturated rings. The van der Waals surface area contributed by atoms with Gasteiger partial charge in [-0.1, -0.05) is 36.4 Å². The molecular weight excluding hydrogens is 426 g/mol. The number of rotatable bonds is 4. The van der Waals surface area contributed by atoms with Gasteiger partial charge in [0.2, 0.25) is 5.91 Å². The fourth-order valence-electron chi connectivity index (χ4n) is 4.54. The summed E-state index contributed by atoms with van der Waals surface area (Å²) in [7, 11) is -3.84. The minimum Gasteiger partial charge on any atom is -0.339 e. The monoisotopic (exact) mass is 449 g/mol. The number of amides is 2. The van der Waals surface area contributed by atoms with Crippen molar-refractivity contribution in [2.24, 2.45) is 0 Å². The van der Waals surface area contributed by atoms with Gasteiger partial charge >= 0.3 is 0 Å². The number of hydrogen-bond acceptors (Lipinski definition) is 4. The summed E-state index contributed by atoms with van der Waals surface area (Å²) in [4.78, 5) is 28.0. The van der Waals surface area contributed by atoms with Crippen LogP contribution in [0.2, 0.25) is 0 Å². The molecule has 2 aliphatic heterocycles. The van der Waals surface area contributed by atoms with Crippen molar-refractivity contribution in [1.29, 1.82) is 0 Å². The smallest absolute Gasteiger partial charge is 0.265 e. The van der Waals surface area contributed by atoms with Crippen LogP contribution in [-0.2, 0) is 14.8 Å². The molecule has 0 unspecified atom stereocenters. The first-order chi connectivity index (χ1) is 15.4. The maximum atomic E-state index is 13.2. The Balaban J connectivity index is 1.44.